The molecule has 1 heterocycles. The molecule has 0 fully saturated rings. The van der Waals surface area contributed by atoms with Gasteiger partial charge in [-0.1, -0.05) is 0 Å². The molecule has 26 heavy (non-hydrogen) atoms. The predicted octanol–water partition coefficient (Wildman–Crippen LogP) is 3.03. The number of ketones is 1. The molecule has 7 nitrogen and oxygen atoms in total. The summed E-state index contributed by atoms with van der Waals surface area (Å²) < 4.78 is 10.5. The Morgan fingerprint density at radius 3 is 2.35 bits per heavy atom. The van der Waals surface area contributed by atoms with E-state index in [1.54, 1.807) is 45.0 Å². The molecular weight excluding hydrogens is 336 g/mol. The fourth-order valence-corrected chi connectivity index (χ4v) is 2.60. The normalized spacial score (nSPS) is 10.3. The van der Waals surface area contributed by atoms with Gasteiger partial charge >= 0.3 is 5.97 Å². The molecule has 0 radical (unpaired) electrons. The number of aromatic amines is 1. The van der Waals surface area contributed by atoms with E-state index < -0.39 is 5.97 Å². The fourth-order valence-electron chi connectivity index (χ4n) is 2.60. The van der Waals surface area contributed by atoms with E-state index in [1.807, 2.05) is 0 Å². The Morgan fingerprint density at radius 1 is 1.12 bits per heavy atom. The van der Waals surface area contributed by atoms with Gasteiger partial charge in [0.2, 0.25) is 11.7 Å². The Kier molecular flexibility index (Phi) is 6.16. The van der Waals surface area contributed by atoms with Crippen LogP contribution in [0.2, 0.25) is 0 Å². The van der Waals surface area contributed by atoms with Crippen LogP contribution in [0.3, 0.4) is 0 Å². The summed E-state index contributed by atoms with van der Waals surface area (Å²) in [5.74, 6) is -0.387. The maximum Gasteiger partial charge on any atom is 0.340 e. The maximum absolute atomic E-state index is 12.4. The number of esters is 1. The number of amides is 1. The standard InChI is InChI=1S/C19H22N2O5/c1-5-25-19(24)17-11(2)18(20-12(17)3)16(23)10-26-15-8-6-14(7-9-15)21-13(4)22/h6-9,20H,5,10H2,1-4H3,(H,21,22). The van der Waals surface area contributed by atoms with Crippen LogP contribution in [0.15, 0.2) is 24.3 Å². The van der Waals surface area contributed by atoms with E-state index in [9.17, 15) is 14.4 Å². The molecule has 0 aliphatic heterocycles. The Bertz CT molecular complexity index is 821. The molecule has 2 rings (SSSR count). The lowest BCUT2D eigenvalue weighted by atomic mass is 10.1. The Labute approximate surface area is 151 Å². The highest BCUT2D eigenvalue weighted by atomic mass is 16.5. The number of nitrogens with one attached hydrogen (secondary N) is 2. The van der Waals surface area contributed by atoms with Crippen molar-refractivity contribution < 1.29 is 23.9 Å². The number of aryl methyl sites for hydroxylation is 1. The summed E-state index contributed by atoms with van der Waals surface area (Å²) in [6.07, 6.45) is 0. The zero-order valence-corrected chi connectivity index (χ0v) is 15.3. The van der Waals surface area contributed by atoms with Crippen molar-refractivity contribution in [3.8, 4) is 5.75 Å². The van der Waals surface area contributed by atoms with E-state index in [-0.39, 0.29) is 24.9 Å². The van der Waals surface area contributed by atoms with Crippen molar-refractivity contribution in [2.24, 2.45) is 0 Å². The van der Waals surface area contributed by atoms with Gasteiger partial charge in [0.05, 0.1) is 17.9 Å². The van der Waals surface area contributed by atoms with Crippen molar-refractivity contribution in [3.05, 3.63) is 46.8 Å². The molecule has 0 aliphatic carbocycles. The summed E-state index contributed by atoms with van der Waals surface area (Å²) in [6, 6.07) is 6.69. The highest BCUT2D eigenvalue weighted by Crippen LogP contribution is 2.20. The quantitative estimate of drug-likeness (QED) is 0.586. The van der Waals surface area contributed by atoms with Crippen molar-refractivity contribution in [1.29, 1.82) is 0 Å². The van der Waals surface area contributed by atoms with Crippen LogP contribution in [0, 0.1) is 13.8 Å². The SMILES string of the molecule is CCOC(=O)c1c(C)[nH]c(C(=O)COc2ccc(NC(C)=O)cc2)c1C. The van der Waals surface area contributed by atoms with Gasteiger partial charge in [-0.15, -0.1) is 0 Å². The van der Waals surface area contributed by atoms with Crippen molar-refractivity contribution in [2.75, 3.05) is 18.5 Å². The Hall–Kier alpha value is -3.09. The van der Waals surface area contributed by atoms with Crippen LogP contribution in [-0.2, 0) is 9.53 Å². The average molecular weight is 358 g/mol. The molecule has 0 unspecified atom stereocenters. The second-order valence-corrected chi connectivity index (χ2v) is 5.76. The van der Waals surface area contributed by atoms with Crippen molar-refractivity contribution in [3.63, 3.8) is 0 Å². The summed E-state index contributed by atoms with van der Waals surface area (Å²) in [7, 11) is 0. The second-order valence-electron chi connectivity index (χ2n) is 5.76. The molecule has 0 atom stereocenters. The number of carbonyl (C=O) groups is 3. The molecule has 0 bridgehead atoms. The second kappa shape index (κ2) is 8.33. The number of Topliss-reactive ketones (excluding diaryl/α,β-unsaturated/α-hetero) is 1. The Balaban J connectivity index is 2.05. The largest absolute Gasteiger partial charge is 0.485 e. The van der Waals surface area contributed by atoms with Crippen LogP contribution in [0.5, 0.6) is 5.75 Å². The van der Waals surface area contributed by atoms with E-state index in [0.717, 1.165) is 0 Å². The molecular formula is C19H22N2O5. The summed E-state index contributed by atoms with van der Waals surface area (Å²) in [5, 5.41) is 2.65. The van der Waals surface area contributed by atoms with Gasteiger partial charge in [0, 0.05) is 18.3 Å². The molecule has 2 aromatic rings. The molecule has 1 aromatic heterocycles. The number of hydrogen-bond donors (Lipinski definition) is 2. The van der Waals surface area contributed by atoms with Gasteiger partial charge in [-0.25, -0.2) is 4.79 Å². The first-order chi connectivity index (χ1) is 12.3. The van der Waals surface area contributed by atoms with E-state index >= 15 is 0 Å². The van der Waals surface area contributed by atoms with Crippen LogP contribution in [0.1, 0.15) is 46.0 Å². The van der Waals surface area contributed by atoms with Gasteiger partial charge in [-0.2, -0.15) is 0 Å². The number of hydrogen-bond acceptors (Lipinski definition) is 5. The number of carbonyl (C=O) groups excluding carboxylic acids is 3. The number of ether oxygens (including phenoxy) is 2. The van der Waals surface area contributed by atoms with E-state index in [0.29, 0.717) is 34.0 Å². The summed E-state index contributed by atoms with van der Waals surface area (Å²) in [4.78, 5) is 38.4. The van der Waals surface area contributed by atoms with Crippen LogP contribution in [0.4, 0.5) is 5.69 Å². The highest BCUT2D eigenvalue weighted by Gasteiger charge is 2.23. The molecule has 7 heteroatoms. The zero-order valence-electron chi connectivity index (χ0n) is 15.3. The van der Waals surface area contributed by atoms with Crippen LogP contribution in [-0.4, -0.2) is 35.9 Å². The number of anilines is 1. The smallest absolute Gasteiger partial charge is 0.340 e. The molecule has 0 aliphatic rings. The zero-order chi connectivity index (χ0) is 19.3. The molecule has 1 aromatic carbocycles. The third kappa shape index (κ3) is 4.50. The molecule has 0 saturated carbocycles. The fraction of sp³-hybridized carbons (Fsp3) is 0.316. The average Bonchev–Trinajstić information content (AvgIpc) is 2.88. The van der Waals surface area contributed by atoms with Crippen LogP contribution in [0.25, 0.3) is 0 Å². The molecule has 138 valence electrons. The highest BCUT2D eigenvalue weighted by molar-refractivity contribution is 6.02. The van der Waals surface area contributed by atoms with Crippen LogP contribution < -0.4 is 10.1 Å². The number of benzene rings is 1. The topological polar surface area (TPSA) is 97.5 Å². The predicted molar refractivity (Wildman–Crippen MR) is 96.8 cm³/mol. The molecule has 1 amide bonds. The van der Waals surface area contributed by atoms with Gasteiger partial charge in [-0.3, -0.25) is 9.59 Å². The van der Waals surface area contributed by atoms with E-state index in [1.165, 1.54) is 6.92 Å². The lowest BCUT2D eigenvalue weighted by Gasteiger charge is -2.07. The third-order valence-electron chi connectivity index (χ3n) is 3.74. The lowest BCUT2D eigenvalue weighted by Crippen LogP contribution is -2.14. The van der Waals surface area contributed by atoms with Crippen molar-refractivity contribution in [1.82, 2.24) is 4.98 Å². The number of aromatic nitrogens is 1. The lowest BCUT2D eigenvalue weighted by molar-refractivity contribution is -0.114. The van der Waals surface area contributed by atoms with Gasteiger partial charge in [0.15, 0.2) is 6.61 Å². The van der Waals surface area contributed by atoms with Gasteiger partial charge in [-0.05, 0) is 50.6 Å². The van der Waals surface area contributed by atoms with E-state index in [2.05, 4.69) is 10.3 Å². The van der Waals surface area contributed by atoms with E-state index in [4.69, 9.17) is 9.47 Å². The monoisotopic (exact) mass is 358 g/mol. The van der Waals surface area contributed by atoms with Gasteiger partial charge in [0.1, 0.15) is 5.75 Å². The van der Waals surface area contributed by atoms with Gasteiger partial charge < -0.3 is 19.8 Å². The first-order valence-electron chi connectivity index (χ1n) is 8.23. The van der Waals surface area contributed by atoms with Crippen LogP contribution >= 0.6 is 0 Å². The molecule has 2 N–H and O–H groups in total. The minimum atomic E-state index is -0.452. The Morgan fingerprint density at radius 2 is 1.77 bits per heavy atom. The third-order valence-corrected chi connectivity index (χ3v) is 3.74. The minimum Gasteiger partial charge on any atom is -0.485 e. The summed E-state index contributed by atoms with van der Waals surface area (Å²) in [6.45, 7) is 6.66. The summed E-state index contributed by atoms with van der Waals surface area (Å²) >= 11 is 0. The molecule has 0 saturated heterocycles. The van der Waals surface area contributed by atoms with Crippen molar-refractivity contribution in [2.45, 2.75) is 27.7 Å². The first kappa shape index (κ1) is 19.2. The van der Waals surface area contributed by atoms with Gasteiger partial charge in [0.25, 0.3) is 0 Å². The number of H-pyrrole nitrogens is 1. The summed E-state index contributed by atoms with van der Waals surface area (Å²) in [5.41, 5.74) is 2.50. The molecule has 0 spiro atoms. The maximum atomic E-state index is 12.4. The number of rotatable bonds is 7. The minimum absolute atomic E-state index is 0.163. The first-order valence-corrected chi connectivity index (χ1v) is 8.23. The van der Waals surface area contributed by atoms with Crippen molar-refractivity contribution >= 4 is 23.3 Å².